The SMILES string of the molecule is O=C1CN(C(=O)c2c(F)ccc(Br)c2F)C(c2csc(Br)c2)N1O. The predicted molar refractivity (Wildman–Crippen MR) is 88.5 cm³/mol. The second kappa shape index (κ2) is 6.51. The first-order valence-electron chi connectivity index (χ1n) is 6.50. The lowest BCUT2D eigenvalue weighted by Crippen LogP contribution is -2.35. The zero-order chi connectivity index (χ0) is 17.6. The highest BCUT2D eigenvalue weighted by Crippen LogP contribution is 2.35. The van der Waals surface area contributed by atoms with Crippen molar-refractivity contribution in [1.82, 2.24) is 9.96 Å². The number of hydroxylamine groups is 2. The van der Waals surface area contributed by atoms with Crippen molar-refractivity contribution in [3.05, 3.63) is 54.6 Å². The van der Waals surface area contributed by atoms with Crippen LogP contribution in [0.3, 0.4) is 0 Å². The van der Waals surface area contributed by atoms with Crippen LogP contribution in [-0.2, 0) is 4.79 Å². The van der Waals surface area contributed by atoms with Gasteiger partial charge in [-0.3, -0.25) is 14.8 Å². The van der Waals surface area contributed by atoms with Crippen LogP contribution in [0.2, 0.25) is 0 Å². The number of carbonyl (C=O) groups is 2. The molecule has 3 rings (SSSR count). The van der Waals surface area contributed by atoms with Crippen molar-refractivity contribution in [1.29, 1.82) is 0 Å². The number of amides is 2. The fraction of sp³-hybridized carbons (Fsp3) is 0.143. The van der Waals surface area contributed by atoms with Crippen LogP contribution in [0.4, 0.5) is 8.78 Å². The Morgan fingerprint density at radius 3 is 2.67 bits per heavy atom. The van der Waals surface area contributed by atoms with Crippen LogP contribution in [0.1, 0.15) is 22.1 Å². The van der Waals surface area contributed by atoms with Gasteiger partial charge < -0.3 is 4.90 Å². The number of thiophene rings is 1. The van der Waals surface area contributed by atoms with Crippen molar-refractivity contribution < 1.29 is 23.6 Å². The Morgan fingerprint density at radius 2 is 2.04 bits per heavy atom. The van der Waals surface area contributed by atoms with Gasteiger partial charge in [-0.1, -0.05) is 0 Å². The standard InChI is InChI=1S/C14H8Br2F2N2O3S/c15-7-1-2-8(17)11(12(7)18)14(22)19-4-10(21)20(23)13(19)6-3-9(16)24-5-6/h1-3,5,13,23H,4H2. The Bertz CT molecular complexity index is 845. The van der Waals surface area contributed by atoms with E-state index in [-0.39, 0.29) is 4.47 Å². The molecule has 1 atom stereocenters. The summed E-state index contributed by atoms with van der Waals surface area (Å²) in [6, 6.07) is 3.71. The fourth-order valence-electron chi connectivity index (χ4n) is 2.40. The van der Waals surface area contributed by atoms with Gasteiger partial charge in [-0.25, -0.2) is 8.78 Å². The highest BCUT2D eigenvalue weighted by atomic mass is 79.9. The maximum Gasteiger partial charge on any atom is 0.267 e. The molecule has 1 fully saturated rings. The van der Waals surface area contributed by atoms with Crippen LogP contribution >= 0.6 is 43.2 Å². The van der Waals surface area contributed by atoms with Crippen LogP contribution in [0.5, 0.6) is 0 Å². The highest BCUT2D eigenvalue weighted by Gasteiger charge is 2.43. The summed E-state index contributed by atoms with van der Waals surface area (Å²) in [7, 11) is 0. The average molecular weight is 482 g/mol. The van der Waals surface area contributed by atoms with Gasteiger partial charge in [0.25, 0.3) is 11.8 Å². The number of benzene rings is 1. The van der Waals surface area contributed by atoms with Crippen LogP contribution in [-0.4, -0.2) is 33.5 Å². The molecule has 1 unspecified atom stereocenters. The first-order valence-corrected chi connectivity index (χ1v) is 8.97. The largest absolute Gasteiger partial charge is 0.302 e. The van der Waals surface area contributed by atoms with Gasteiger partial charge in [-0.05, 0) is 55.4 Å². The molecule has 1 aliphatic rings. The van der Waals surface area contributed by atoms with Crippen molar-refractivity contribution >= 4 is 55.0 Å². The molecular weight excluding hydrogens is 474 g/mol. The van der Waals surface area contributed by atoms with E-state index in [4.69, 9.17) is 0 Å². The average Bonchev–Trinajstić information content (AvgIpc) is 3.07. The molecule has 0 aliphatic carbocycles. The lowest BCUT2D eigenvalue weighted by molar-refractivity contribution is -0.168. The quantitative estimate of drug-likeness (QED) is 0.522. The van der Waals surface area contributed by atoms with E-state index in [0.717, 1.165) is 20.8 Å². The van der Waals surface area contributed by atoms with Gasteiger partial charge >= 0.3 is 0 Å². The summed E-state index contributed by atoms with van der Waals surface area (Å²) in [5, 5.41) is 12.0. The molecule has 0 saturated carbocycles. The predicted octanol–water partition coefficient (Wildman–Crippen LogP) is 3.92. The minimum Gasteiger partial charge on any atom is -0.302 e. The number of hydrogen-bond donors (Lipinski definition) is 1. The number of rotatable bonds is 2. The summed E-state index contributed by atoms with van der Waals surface area (Å²) in [6.45, 7) is -0.487. The zero-order valence-corrected chi connectivity index (χ0v) is 15.7. The summed E-state index contributed by atoms with van der Waals surface area (Å²) in [5.74, 6) is -3.88. The Hall–Kier alpha value is -1.36. The molecule has 24 heavy (non-hydrogen) atoms. The number of carbonyl (C=O) groups excluding carboxylic acids is 2. The van der Waals surface area contributed by atoms with E-state index in [1.807, 2.05) is 0 Å². The van der Waals surface area contributed by atoms with Crippen LogP contribution < -0.4 is 0 Å². The van der Waals surface area contributed by atoms with Crippen LogP contribution in [0, 0.1) is 11.6 Å². The third-order valence-electron chi connectivity index (χ3n) is 3.49. The third-order valence-corrected chi connectivity index (χ3v) is 5.63. The minimum atomic E-state index is -1.15. The van der Waals surface area contributed by atoms with Crippen molar-refractivity contribution in [2.45, 2.75) is 6.17 Å². The van der Waals surface area contributed by atoms with Crippen molar-refractivity contribution in [2.24, 2.45) is 0 Å². The molecule has 1 aliphatic heterocycles. The molecule has 0 spiro atoms. The molecule has 2 aromatic rings. The Labute approximate surface area is 155 Å². The smallest absolute Gasteiger partial charge is 0.267 e. The topological polar surface area (TPSA) is 60.9 Å². The molecule has 126 valence electrons. The molecule has 1 saturated heterocycles. The highest BCUT2D eigenvalue weighted by molar-refractivity contribution is 9.11. The summed E-state index contributed by atoms with van der Waals surface area (Å²) in [6.07, 6.45) is -1.15. The van der Waals surface area contributed by atoms with E-state index >= 15 is 0 Å². The molecule has 1 N–H and O–H groups in total. The van der Waals surface area contributed by atoms with Crippen LogP contribution in [0.25, 0.3) is 0 Å². The van der Waals surface area contributed by atoms with Gasteiger partial charge in [0.05, 0.1) is 8.26 Å². The van der Waals surface area contributed by atoms with E-state index in [9.17, 15) is 23.6 Å². The van der Waals surface area contributed by atoms with Crippen LogP contribution in [0.15, 0.2) is 31.8 Å². The normalized spacial score (nSPS) is 17.7. The molecule has 5 nitrogen and oxygen atoms in total. The monoisotopic (exact) mass is 480 g/mol. The summed E-state index contributed by atoms with van der Waals surface area (Å²) in [5.41, 5.74) is -0.337. The van der Waals surface area contributed by atoms with E-state index in [1.165, 1.54) is 11.3 Å². The van der Waals surface area contributed by atoms with Gasteiger partial charge in [0.15, 0.2) is 12.0 Å². The number of hydrogen-bond acceptors (Lipinski definition) is 4. The Balaban J connectivity index is 2.05. The lowest BCUT2D eigenvalue weighted by Gasteiger charge is -2.25. The lowest BCUT2D eigenvalue weighted by atomic mass is 10.1. The molecule has 2 heterocycles. The first-order chi connectivity index (χ1) is 11.3. The fourth-order valence-corrected chi connectivity index (χ4v) is 3.92. The van der Waals surface area contributed by atoms with E-state index in [1.54, 1.807) is 11.4 Å². The van der Waals surface area contributed by atoms with Crippen molar-refractivity contribution in [2.75, 3.05) is 6.54 Å². The molecule has 0 radical (unpaired) electrons. The van der Waals surface area contributed by atoms with E-state index < -0.39 is 41.7 Å². The Kier molecular flexibility index (Phi) is 4.73. The van der Waals surface area contributed by atoms with Gasteiger partial charge in [0, 0.05) is 5.56 Å². The summed E-state index contributed by atoms with van der Waals surface area (Å²) < 4.78 is 28.8. The van der Waals surface area contributed by atoms with Crippen molar-refractivity contribution in [3.63, 3.8) is 0 Å². The molecular formula is C14H8Br2F2N2O3S. The van der Waals surface area contributed by atoms with Gasteiger partial charge in [-0.15, -0.1) is 11.3 Å². The maximum absolute atomic E-state index is 14.2. The molecule has 2 amide bonds. The van der Waals surface area contributed by atoms with E-state index in [0.29, 0.717) is 10.6 Å². The summed E-state index contributed by atoms with van der Waals surface area (Å²) in [4.78, 5) is 25.4. The number of nitrogens with zero attached hydrogens (tertiary/aromatic N) is 2. The third kappa shape index (κ3) is 2.87. The first kappa shape index (κ1) is 17.5. The second-order valence-electron chi connectivity index (χ2n) is 4.95. The molecule has 1 aromatic heterocycles. The minimum absolute atomic E-state index is 0.0755. The molecule has 0 bridgehead atoms. The Morgan fingerprint density at radius 1 is 1.33 bits per heavy atom. The molecule has 10 heteroatoms. The van der Waals surface area contributed by atoms with Gasteiger partial charge in [-0.2, -0.15) is 5.06 Å². The van der Waals surface area contributed by atoms with E-state index in [2.05, 4.69) is 31.9 Å². The van der Waals surface area contributed by atoms with Gasteiger partial charge in [0.1, 0.15) is 17.9 Å². The van der Waals surface area contributed by atoms with Crippen molar-refractivity contribution in [3.8, 4) is 0 Å². The second-order valence-corrected chi connectivity index (χ2v) is 8.09. The molecule has 1 aromatic carbocycles. The zero-order valence-electron chi connectivity index (χ0n) is 11.7. The number of halogens is 4. The maximum atomic E-state index is 14.2. The summed E-state index contributed by atoms with van der Waals surface area (Å²) >= 11 is 7.44. The van der Waals surface area contributed by atoms with Gasteiger partial charge in [0.2, 0.25) is 0 Å².